The van der Waals surface area contributed by atoms with Crippen molar-refractivity contribution < 1.29 is 8.42 Å². The van der Waals surface area contributed by atoms with Gasteiger partial charge in [-0.3, -0.25) is 0 Å². The van der Waals surface area contributed by atoms with Crippen LogP contribution in [0, 0.1) is 0 Å². The van der Waals surface area contributed by atoms with Gasteiger partial charge in [0.2, 0.25) is 10.0 Å². The Kier molecular flexibility index (Phi) is 2.31. The highest BCUT2D eigenvalue weighted by molar-refractivity contribution is 7.88. The van der Waals surface area contributed by atoms with Gasteiger partial charge in [0.1, 0.15) is 0 Å². The predicted octanol–water partition coefficient (Wildman–Crippen LogP) is 0.478. The van der Waals surface area contributed by atoms with Crippen LogP contribution in [0.1, 0.15) is 25.7 Å². The second-order valence-electron chi connectivity index (χ2n) is 2.87. The molecule has 10 heavy (non-hydrogen) atoms. The minimum absolute atomic E-state index is 0.218. The smallest absolute Gasteiger partial charge is 0.208 e. The van der Waals surface area contributed by atoms with E-state index in [1.54, 1.807) is 0 Å². The Morgan fingerprint density at radius 3 is 2.20 bits per heavy atom. The van der Waals surface area contributed by atoms with Gasteiger partial charge in [-0.1, -0.05) is 12.8 Å². The topological polar surface area (TPSA) is 46.2 Å². The molecular weight excluding hydrogens is 150 g/mol. The first-order valence-electron chi connectivity index (χ1n) is 3.55. The molecule has 0 aromatic rings. The standard InChI is InChI=1S/C6H13NO2S/c1-10(8,9)7-6-4-2-3-5-6/h6-7H,2-5H2,1H3. The third-order valence-corrected chi connectivity index (χ3v) is 2.50. The largest absolute Gasteiger partial charge is 0.213 e. The third kappa shape index (κ3) is 2.66. The molecule has 0 aromatic carbocycles. The van der Waals surface area contributed by atoms with Gasteiger partial charge in [0.05, 0.1) is 6.26 Å². The molecule has 1 N–H and O–H groups in total. The molecule has 0 amide bonds. The SMILES string of the molecule is CS(=O)(=O)NC1CCCC1. The Labute approximate surface area is 61.9 Å². The number of nitrogens with one attached hydrogen (secondary N) is 1. The zero-order valence-corrected chi connectivity index (χ0v) is 6.95. The normalized spacial score (nSPS) is 21.7. The fourth-order valence-corrected chi connectivity index (χ4v) is 2.19. The van der Waals surface area contributed by atoms with Crippen molar-refractivity contribution in [3.05, 3.63) is 0 Å². The molecule has 1 fully saturated rings. The van der Waals surface area contributed by atoms with Crippen LogP contribution in [0.3, 0.4) is 0 Å². The molecule has 1 aliphatic rings. The molecular formula is C6H13NO2S. The molecule has 4 heteroatoms. The van der Waals surface area contributed by atoms with E-state index in [0.29, 0.717) is 0 Å². The van der Waals surface area contributed by atoms with Gasteiger partial charge in [-0.2, -0.15) is 0 Å². The van der Waals surface area contributed by atoms with Crippen molar-refractivity contribution >= 4 is 10.0 Å². The zero-order chi connectivity index (χ0) is 7.61. The summed E-state index contributed by atoms with van der Waals surface area (Å²) in [5.41, 5.74) is 0. The van der Waals surface area contributed by atoms with Gasteiger partial charge in [-0.25, -0.2) is 13.1 Å². The molecule has 1 saturated carbocycles. The van der Waals surface area contributed by atoms with E-state index < -0.39 is 10.0 Å². The molecule has 1 aliphatic carbocycles. The fourth-order valence-electron chi connectivity index (χ4n) is 1.35. The van der Waals surface area contributed by atoms with Crippen LogP contribution in [-0.2, 0) is 10.0 Å². The van der Waals surface area contributed by atoms with Crippen molar-refractivity contribution in [3.63, 3.8) is 0 Å². The lowest BCUT2D eigenvalue weighted by Gasteiger charge is -2.07. The molecule has 3 nitrogen and oxygen atoms in total. The van der Waals surface area contributed by atoms with E-state index in [4.69, 9.17) is 0 Å². The van der Waals surface area contributed by atoms with Crippen LogP contribution in [0.25, 0.3) is 0 Å². The lowest BCUT2D eigenvalue weighted by molar-refractivity contribution is 0.558. The summed E-state index contributed by atoms with van der Waals surface area (Å²) in [6.07, 6.45) is 5.55. The number of sulfonamides is 1. The quantitative estimate of drug-likeness (QED) is 0.643. The Hall–Kier alpha value is -0.0900. The van der Waals surface area contributed by atoms with E-state index in [1.807, 2.05) is 0 Å². The first-order chi connectivity index (χ1) is 4.58. The van der Waals surface area contributed by atoms with Gasteiger partial charge in [-0.05, 0) is 12.8 Å². The molecule has 0 bridgehead atoms. The molecule has 0 unspecified atom stereocenters. The van der Waals surface area contributed by atoms with Gasteiger partial charge in [-0.15, -0.1) is 0 Å². The molecule has 0 radical (unpaired) electrons. The summed E-state index contributed by atoms with van der Waals surface area (Å²) in [5, 5.41) is 0. The highest BCUT2D eigenvalue weighted by atomic mass is 32.2. The molecule has 60 valence electrons. The van der Waals surface area contributed by atoms with Crippen molar-refractivity contribution in [2.24, 2.45) is 0 Å². The van der Waals surface area contributed by atoms with E-state index in [1.165, 1.54) is 6.26 Å². The Bertz CT molecular complexity index is 192. The van der Waals surface area contributed by atoms with Crippen LogP contribution in [0.5, 0.6) is 0 Å². The average molecular weight is 163 g/mol. The monoisotopic (exact) mass is 163 g/mol. The lowest BCUT2D eigenvalue weighted by Crippen LogP contribution is -2.31. The molecule has 0 aliphatic heterocycles. The molecule has 0 atom stereocenters. The third-order valence-electron chi connectivity index (χ3n) is 1.74. The Morgan fingerprint density at radius 2 is 1.80 bits per heavy atom. The van der Waals surface area contributed by atoms with E-state index >= 15 is 0 Å². The summed E-state index contributed by atoms with van der Waals surface area (Å²) < 4.78 is 23.9. The van der Waals surface area contributed by atoms with Gasteiger partial charge >= 0.3 is 0 Å². The highest BCUT2D eigenvalue weighted by Crippen LogP contribution is 2.17. The van der Waals surface area contributed by atoms with E-state index in [2.05, 4.69) is 4.72 Å². The molecule has 0 aromatic heterocycles. The maximum Gasteiger partial charge on any atom is 0.208 e. The van der Waals surface area contributed by atoms with Crippen molar-refractivity contribution in [2.75, 3.05) is 6.26 Å². The van der Waals surface area contributed by atoms with Crippen molar-refractivity contribution in [1.82, 2.24) is 4.72 Å². The summed E-state index contributed by atoms with van der Waals surface area (Å²) in [6.45, 7) is 0. The first kappa shape index (κ1) is 8.01. The Balaban J connectivity index is 2.38. The Morgan fingerprint density at radius 1 is 1.30 bits per heavy atom. The van der Waals surface area contributed by atoms with E-state index in [0.717, 1.165) is 25.7 Å². The van der Waals surface area contributed by atoms with Crippen molar-refractivity contribution in [1.29, 1.82) is 0 Å². The second kappa shape index (κ2) is 2.88. The van der Waals surface area contributed by atoms with Crippen molar-refractivity contribution in [2.45, 2.75) is 31.7 Å². The molecule has 0 spiro atoms. The van der Waals surface area contributed by atoms with Crippen molar-refractivity contribution in [3.8, 4) is 0 Å². The van der Waals surface area contributed by atoms with Crippen LogP contribution in [-0.4, -0.2) is 20.7 Å². The minimum Gasteiger partial charge on any atom is -0.213 e. The molecule has 0 heterocycles. The van der Waals surface area contributed by atoms with Gasteiger partial charge in [0.15, 0.2) is 0 Å². The highest BCUT2D eigenvalue weighted by Gasteiger charge is 2.17. The fraction of sp³-hybridized carbons (Fsp3) is 1.00. The first-order valence-corrected chi connectivity index (χ1v) is 5.44. The van der Waals surface area contributed by atoms with Crippen LogP contribution < -0.4 is 4.72 Å². The number of hydrogen-bond donors (Lipinski definition) is 1. The summed E-state index contributed by atoms with van der Waals surface area (Å²) >= 11 is 0. The zero-order valence-electron chi connectivity index (χ0n) is 6.13. The predicted molar refractivity (Wildman–Crippen MR) is 40.2 cm³/mol. The summed E-state index contributed by atoms with van der Waals surface area (Å²) in [5.74, 6) is 0. The molecule has 0 saturated heterocycles. The van der Waals surface area contributed by atoms with Crippen LogP contribution in [0.15, 0.2) is 0 Å². The maximum atomic E-state index is 10.7. The van der Waals surface area contributed by atoms with Gasteiger partial charge in [0, 0.05) is 6.04 Å². The second-order valence-corrected chi connectivity index (χ2v) is 4.65. The minimum atomic E-state index is -2.96. The van der Waals surface area contributed by atoms with Crippen LogP contribution in [0.4, 0.5) is 0 Å². The average Bonchev–Trinajstić information content (AvgIpc) is 2.12. The molecule has 1 rings (SSSR count). The number of hydrogen-bond acceptors (Lipinski definition) is 2. The number of rotatable bonds is 2. The van der Waals surface area contributed by atoms with Gasteiger partial charge < -0.3 is 0 Å². The van der Waals surface area contributed by atoms with Gasteiger partial charge in [0.25, 0.3) is 0 Å². The van der Waals surface area contributed by atoms with E-state index in [9.17, 15) is 8.42 Å². The maximum absolute atomic E-state index is 10.7. The van der Waals surface area contributed by atoms with Crippen LogP contribution in [0.2, 0.25) is 0 Å². The van der Waals surface area contributed by atoms with Crippen LogP contribution >= 0.6 is 0 Å². The van der Waals surface area contributed by atoms with E-state index in [-0.39, 0.29) is 6.04 Å². The lowest BCUT2D eigenvalue weighted by atomic mass is 10.3. The summed E-state index contributed by atoms with van der Waals surface area (Å²) in [7, 11) is -2.96. The summed E-state index contributed by atoms with van der Waals surface area (Å²) in [4.78, 5) is 0. The summed E-state index contributed by atoms with van der Waals surface area (Å²) in [6, 6.07) is 0.218.